The number of amides is 2. The van der Waals surface area contributed by atoms with Crippen LogP contribution in [0, 0.1) is 5.92 Å². The zero-order valence-electron chi connectivity index (χ0n) is 16.3. The third-order valence-electron chi connectivity index (χ3n) is 5.75. The van der Waals surface area contributed by atoms with Crippen molar-refractivity contribution in [3.05, 3.63) is 35.4 Å². The Morgan fingerprint density at radius 1 is 1.00 bits per heavy atom. The molecule has 150 valence electrons. The molecule has 0 bridgehead atoms. The third-order valence-corrected chi connectivity index (χ3v) is 5.75. The molecule has 1 aromatic carbocycles. The van der Waals surface area contributed by atoms with Gasteiger partial charge in [0.15, 0.2) is 0 Å². The first-order valence-corrected chi connectivity index (χ1v) is 10.0. The minimum Gasteiger partial charge on any atom is -0.339 e. The Morgan fingerprint density at radius 3 is 2.19 bits per heavy atom. The van der Waals surface area contributed by atoms with Crippen LogP contribution in [0.2, 0.25) is 0 Å². The lowest BCUT2D eigenvalue weighted by Gasteiger charge is -2.35. The van der Waals surface area contributed by atoms with Crippen LogP contribution in [0.3, 0.4) is 0 Å². The minimum absolute atomic E-state index is 0. The van der Waals surface area contributed by atoms with Crippen LogP contribution >= 0.6 is 12.4 Å². The lowest BCUT2D eigenvalue weighted by molar-refractivity contribution is -0.133. The number of benzene rings is 1. The van der Waals surface area contributed by atoms with Crippen LogP contribution in [0.15, 0.2) is 24.3 Å². The molecule has 0 aliphatic carbocycles. The summed E-state index contributed by atoms with van der Waals surface area (Å²) in [6, 6.07) is 7.87. The molecule has 0 radical (unpaired) electrons. The maximum Gasteiger partial charge on any atom is 0.253 e. The molecule has 2 amide bonds. The zero-order valence-corrected chi connectivity index (χ0v) is 17.1. The average Bonchev–Trinajstić information content (AvgIpc) is 2.72. The van der Waals surface area contributed by atoms with E-state index in [1.54, 1.807) is 0 Å². The molecule has 0 saturated carbocycles. The summed E-state index contributed by atoms with van der Waals surface area (Å²) in [7, 11) is 0. The fraction of sp³-hybridized carbons (Fsp3) is 0.619. The van der Waals surface area contributed by atoms with Gasteiger partial charge >= 0.3 is 0 Å². The summed E-state index contributed by atoms with van der Waals surface area (Å²) in [6.07, 6.45) is 5.01. The van der Waals surface area contributed by atoms with E-state index < -0.39 is 0 Å². The van der Waals surface area contributed by atoms with Crippen molar-refractivity contribution in [3.63, 3.8) is 0 Å². The Morgan fingerprint density at radius 2 is 1.59 bits per heavy atom. The molecule has 1 N–H and O–H groups in total. The van der Waals surface area contributed by atoms with Crippen LogP contribution in [0.5, 0.6) is 0 Å². The Labute approximate surface area is 168 Å². The quantitative estimate of drug-likeness (QED) is 0.836. The van der Waals surface area contributed by atoms with Gasteiger partial charge in [0.25, 0.3) is 5.91 Å². The molecular formula is C21H32ClN3O2. The van der Waals surface area contributed by atoms with Gasteiger partial charge in [-0.2, -0.15) is 0 Å². The monoisotopic (exact) mass is 393 g/mol. The average molecular weight is 394 g/mol. The van der Waals surface area contributed by atoms with E-state index in [2.05, 4.69) is 12.2 Å². The van der Waals surface area contributed by atoms with Crippen molar-refractivity contribution in [2.75, 3.05) is 39.3 Å². The number of hydrogen-bond acceptors (Lipinski definition) is 3. The second kappa shape index (κ2) is 10.7. The number of nitrogens with zero attached hydrogens (tertiary/aromatic N) is 2. The van der Waals surface area contributed by atoms with Crippen LogP contribution < -0.4 is 5.32 Å². The number of aryl methyl sites for hydroxylation is 1. The molecule has 2 aliphatic rings. The fourth-order valence-electron chi connectivity index (χ4n) is 3.88. The van der Waals surface area contributed by atoms with Gasteiger partial charge in [-0.1, -0.05) is 19.1 Å². The van der Waals surface area contributed by atoms with Gasteiger partial charge in [-0.15, -0.1) is 12.4 Å². The van der Waals surface area contributed by atoms with Gasteiger partial charge in [0.2, 0.25) is 5.91 Å². The molecule has 2 fully saturated rings. The molecular weight excluding hydrogens is 362 g/mol. The van der Waals surface area contributed by atoms with Crippen molar-refractivity contribution in [2.45, 2.75) is 39.0 Å². The molecule has 0 unspecified atom stereocenters. The predicted octanol–water partition coefficient (Wildman–Crippen LogP) is 2.74. The lowest BCUT2D eigenvalue weighted by atomic mass is 9.93. The van der Waals surface area contributed by atoms with Crippen LogP contribution in [-0.4, -0.2) is 60.9 Å². The topological polar surface area (TPSA) is 52.7 Å². The van der Waals surface area contributed by atoms with Crippen LogP contribution in [0.1, 0.15) is 48.5 Å². The number of carbonyl (C=O) groups excluding carboxylic acids is 2. The van der Waals surface area contributed by atoms with Crippen molar-refractivity contribution in [1.82, 2.24) is 15.1 Å². The molecule has 27 heavy (non-hydrogen) atoms. The van der Waals surface area contributed by atoms with E-state index in [-0.39, 0.29) is 24.2 Å². The molecule has 0 spiro atoms. The maximum atomic E-state index is 12.6. The lowest BCUT2D eigenvalue weighted by Crippen LogP contribution is -2.50. The van der Waals surface area contributed by atoms with Gasteiger partial charge in [-0.3, -0.25) is 9.59 Å². The first kappa shape index (κ1) is 21.7. The Balaban J connectivity index is 0.00000261. The summed E-state index contributed by atoms with van der Waals surface area (Å²) < 4.78 is 0. The molecule has 1 aromatic rings. The highest BCUT2D eigenvalue weighted by Crippen LogP contribution is 2.19. The van der Waals surface area contributed by atoms with Gasteiger partial charge < -0.3 is 15.1 Å². The summed E-state index contributed by atoms with van der Waals surface area (Å²) in [5.41, 5.74) is 1.98. The normalized spacial score (nSPS) is 18.1. The smallest absolute Gasteiger partial charge is 0.253 e. The maximum absolute atomic E-state index is 12.6. The van der Waals surface area contributed by atoms with Crippen molar-refractivity contribution >= 4 is 24.2 Å². The SMILES string of the molecule is CCc1ccc(C(=O)N2CCN(C(=O)CCC3CCNCC3)CC2)cc1.Cl. The van der Waals surface area contributed by atoms with E-state index in [9.17, 15) is 9.59 Å². The summed E-state index contributed by atoms with van der Waals surface area (Å²) >= 11 is 0. The van der Waals surface area contributed by atoms with E-state index in [1.165, 1.54) is 18.4 Å². The molecule has 0 atom stereocenters. The summed E-state index contributed by atoms with van der Waals surface area (Å²) in [5, 5.41) is 3.37. The number of piperidine rings is 1. The summed E-state index contributed by atoms with van der Waals surface area (Å²) in [4.78, 5) is 28.9. The molecule has 5 nitrogen and oxygen atoms in total. The van der Waals surface area contributed by atoms with Crippen LogP contribution in [0.25, 0.3) is 0 Å². The van der Waals surface area contributed by atoms with Gasteiger partial charge in [0.1, 0.15) is 0 Å². The molecule has 2 heterocycles. The number of halogens is 1. The van der Waals surface area contributed by atoms with Crippen molar-refractivity contribution in [2.24, 2.45) is 5.92 Å². The largest absolute Gasteiger partial charge is 0.339 e. The van der Waals surface area contributed by atoms with E-state index in [0.717, 1.165) is 31.5 Å². The Hall–Kier alpha value is -1.59. The highest BCUT2D eigenvalue weighted by atomic mass is 35.5. The number of piperazine rings is 1. The van der Waals surface area contributed by atoms with Crippen molar-refractivity contribution in [3.8, 4) is 0 Å². The van der Waals surface area contributed by atoms with Crippen molar-refractivity contribution < 1.29 is 9.59 Å². The van der Waals surface area contributed by atoms with Crippen LogP contribution in [0.4, 0.5) is 0 Å². The van der Waals surface area contributed by atoms with Gasteiger partial charge in [-0.05, 0) is 62.4 Å². The predicted molar refractivity (Wildman–Crippen MR) is 110 cm³/mol. The number of carbonyl (C=O) groups is 2. The first-order valence-electron chi connectivity index (χ1n) is 10.0. The molecule has 2 aliphatic heterocycles. The summed E-state index contributed by atoms with van der Waals surface area (Å²) in [6.45, 7) is 6.85. The van der Waals surface area contributed by atoms with Gasteiger partial charge in [0.05, 0.1) is 0 Å². The van der Waals surface area contributed by atoms with Crippen molar-refractivity contribution in [1.29, 1.82) is 0 Å². The van der Waals surface area contributed by atoms with Gasteiger partial charge in [-0.25, -0.2) is 0 Å². The zero-order chi connectivity index (χ0) is 18.4. The minimum atomic E-state index is 0. The molecule has 6 heteroatoms. The molecule has 2 saturated heterocycles. The summed E-state index contributed by atoms with van der Waals surface area (Å²) in [5.74, 6) is 1.02. The highest BCUT2D eigenvalue weighted by Gasteiger charge is 2.25. The fourth-order valence-corrected chi connectivity index (χ4v) is 3.88. The highest BCUT2D eigenvalue weighted by molar-refractivity contribution is 5.94. The van der Waals surface area contributed by atoms with E-state index in [0.29, 0.717) is 38.5 Å². The molecule has 0 aromatic heterocycles. The van der Waals surface area contributed by atoms with E-state index in [4.69, 9.17) is 0 Å². The third kappa shape index (κ3) is 5.94. The van der Waals surface area contributed by atoms with E-state index in [1.807, 2.05) is 34.1 Å². The molecule has 3 rings (SSSR count). The Bertz CT molecular complexity index is 606. The van der Waals surface area contributed by atoms with Gasteiger partial charge in [0, 0.05) is 38.2 Å². The number of nitrogens with one attached hydrogen (secondary N) is 1. The van der Waals surface area contributed by atoms with E-state index >= 15 is 0 Å². The first-order chi connectivity index (χ1) is 12.7. The Kier molecular flexibility index (Phi) is 8.58. The number of hydrogen-bond donors (Lipinski definition) is 1. The standard InChI is InChI=1S/C21H31N3O2.ClH/c1-2-17-3-6-19(7-4-17)21(26)24-15-13-23(14-16-24)20(25)8-5-18-9-11-22-12-10-18;/h3-4,6-7,18,22H,2,5,8-16H2,1H3;1H. The number of rotatable bonds is 5. The second-order valence-corrected chi connectivity index (χ2v) is 7.46. The second-order valence-electron chi connectivity index (χ2n) is 7.46. The van der Waals surface area contributed by atoms with Crippen LogP contribution in [-0.2, 0) is 11.2 Å².